The van der Waals surface area contributed by atoms with Crippen LogP contribution in [0.15, 0.2) is 58.5 Å². The van der Waals surface area contributed by atoms with Gasteiger partial charge in [-0.1, -0.05) is 42.5 Å². The average molecular weight is 490 g/mol. The molecule has 164 valence electrons. The summed E-state index contributed by atoms with van der Waals surface area (Å²) in [5, 5.41) is 2.76. The van der Waals surface area contributed by atoms with Crippen LogP contribution in [0, 0.1) is 5.82 Å². The average Bonchev–Trinajstić information content (AvgIpc) is 2.94. The van der Waals surface area contributed by atoms with E-state index in [1.54, 1.807) is 12.1 Å². The van der Waals surface area contributed by atoms with E-state index in [2.05, 4.69) is 21.2 Å². The minimum absolute atomic E-state index is 0.152. The van der Waals surface area contributed by atoms with E-state index in [9.17, 15) is 9.18 Å². The van der Waals surface area contributed by atoms with Gasteiger partial charge in [-0.25, -0.2) is 9.18 Å². The second-order valence-electron chi connectivity index (χ2n) is 8.40. The Labute approximate surface area is 191 Å². The monoisotopic (exact) mass is 489 g/mol. The molecule has 2 aromatic rings. The molecule has 1 heterocycles. The first-order chi connectivity index (χ1) is 14.6. The fraction of sp³-hybridized carbons (Fsp3) is 0.348. The molecule has 0 unspecified atom stereocenters. The highest BCUT2D eigenvalue weighted by Gasteiger charge is 2.52. The van der Waals surface area contributed by atoms with E-state index in [0.29, 0.717) is 9.95 Å². The first-order valence-electron chi connectivity index (χ1n) is 10.0. The number of nitrogens with one attached hydrogen (secondary N) is 1. The van der Waals surface area contributed by atoms with Crippen molar-refractivity contribution in [2.45, 2.75) is 45.5 Å². The van der Waals surface area contributed by atoms with Crippen LogP contribution < -0.4 is 5.32 Å². The number of hydrogen-bond acceptors (Lipinski definition) is 4. The standard InChI is InChI=1S/C23H26BBrFNO4/c1-22(2)23(3,4)31-24(30-22)18(12-17-10-11-20(26)19(25)13-17)14-27-21(28)29-15-16-8-6-5-7-9-16/h5-13H,14-15H2,1-4H3,(H,27,28). The van der Waals surface area contributed by atoms with Crippen molar-refractivity contribution in [2.24, 2.45) is 0 Å². The lowest BCUT2D eigenvalue weighted by Crippen LogP contribution is -2.41. The third-order valence-electron chi connectivity index (χ3n) is 5.50. The smallest absolute Gasteiger partial charge is 0.445 e. The lowest BCUT2D eigenvalue weighted by atomic mass is 9.77. The molecule has 1 aliphatic heterocycles. The summed E-state index contributed by atoms with van der Waals surface area (Å²) in [7, 11) is -0.664. The Hall–Kier alpha value is -2.16. The molecule has 0 aromatic heterocycles. The second kappa shape index (κ2) is 9.55. The lowest BCUT2D eigenvalue weighted by Gasteiger charge is -2.32. The number of alkyl carbamates (subject to hydrolysis) is 1. The molecular formula is C23H26BBrFNO4. The van der Waals surface area contributed by atoms with Crippen molar-refractivity contribution >= 4 is 35.2 Å². The molecule has 0 aliphatic carbocycles. The number of ether oxygens (including phenoxy) is 1. The summed E-state index contributed by atoms with van der Waals surface area (Å²) in [6, 6.07) is 14.1. The highest BCUT2D eigenvalue weighted by molar-refractivity contribution is 9.10. The van der Waals surface area contributed by atoms with Crippen LogP contribution in [-0.2, 0) is 20.7 Å². The largest absolute Gasteiger partial charge is 0.492 e. The number of rotatable bonds is 6. The summed E-state index contributed by atoms with van der Waals surface area (Å²) in [5.74, 6) is -0.350. The zero-order chi connectivity index (χ0) is 22.6. The van der Waals surface area contributed by atoms with E-state index in [-0.39, 0.29) is 19.0 Å². The highest BCUT2D eigenvalue weighted by atomic mass is 79.9. The van der Waals surface area contributed by atoms with Crippen molar-refractivity contribution < 1.29 is 23.2 Å². The van der Waals surface area contributed by atoms with E-state index in [1.165, 1.54) is 6.07 Å². The molecule has 0 bridgehead atoms. The quantitative estimate of drug-likeness (QED) is 0.542. The number of halogens is 2. The fourth-order valence-electron chi connectivity index (χ4n) is 2.96. The van der Waals surface area contributed by atoms with Crippen LogP contribution in [0.1, 0.15) is 38.8 Å². The predicted octanol–water partition coefficient (Wildman–Crippen LogP) is 5.53. The van der Waals surface area contributed by atoms with Gasteiger partial charge < -0.3 is 19.4 Å². The van der Waals surface area contributed by atoms with Gasteiger partial charge in [-0.2, -0.15) is 0 Å². The molecule has 31 heavy (non-hydrogen) atoms. The Morgan fingerprint density at radius 2 is 1.77 bits per heavy atom. The molecule has 1 saturated heterocycles. The molecule has 0 spiro atoms. The molecule has 1 aliphatic rings. The molecular weight excluding hydrogens is 464 g/mol. The zero-order valence-corrected chi connectivity index (χ0v) is 19.7. The Morgan fingerprint density at radius 3 is 2.39 bits per heavy atom. The predicted molar refractivity (Wildman–Crippen MR) is 123 cm³/mol. The SMILES string of the molecule is CC1(C)OB(C(=Cc2ccc(F)c(Br)c2)CNC(=O)OCc2ccccc2)OC1(C)C. The Kier molecular flexibility index (Phi) is 7.24. The van der Waals surface area contributed by atoms with Crippen LogP contribution in [0.3, 0.4) is 0 Å². The van der Waals surface area contributed by atoms with Gasteiger partial charge in [-0.15, -0.1) is 0 Å². The van der Waals surface area contributed by atoms with E-state index >= 15 is 0 Å². The topological polar surface area (TPSA) is 56.8 Å². The third-order valence-corrected chi connectivity index (χ3v) is 6.11. The molecule has 2 aromatic carbocycles. The second-order valence-corrected chi connectivity index (χ2v) is 9.25. The van der Waals surface area contributed by atoms with Gasteiger partial charge in [0.1, 0.15) is 12.4 Å². The number of carbonyl (C=O) groups is 1. The van der Waals surface area contributed by atoms with Gasteiger partial charge in [-0.3, -0.25) is 0 Å². The zero-order valence-electron chi connectivity index (χ0n) is 18.1. The number of hydrogen-bond donors (Lipinski definition) is 1. The fourth-order valence-corrected chi connectivity index (χ4v) is 3.36. The summed E-state index contributed by atoms with van der Waals surface area (Å²) >= 11 is 3.20. The Bertz CT molecular complexity index is 949. The van der Waals surface area contributed by atoms with E-state index in [0.717, 1.165) is 11.1 Å². The summed E-state index contributed by atoms with van der Waals surface area (Å²) in [4.78, 5) is 12.2. The molecule has 0 atom stereocenters. The van der Waals surface area contributed by atoms with Crippen LogP contribution in [0.2, 0.25) is 0 Å². The normalized spacial score (nSPS) is 17.5. The van der Waals surface area contributed by atoms with Crippen LogP contribution in [0.5, 0.6) is 0 Å². The van der Waals surface area contributed by atoms with E-state index < -0.39 is 24.4 Å². The molecule has 1 amide bonds. The Morgan fingerprint density at radius 1 is 1.13 bits per heavy atom. The number of amides is 1. The van der Waals surface area contributed by atoms with Crippen LogP contribution in [0.4, 0.5) is 9.18 Å². The van der Waals surface area contributed by atoms with Gasteiger partial charge >= 0.3 is 13.2 Å². The molecule has 1 N–H and O–H groups in total. The highest BCUT2D eigenvalue weighted by Crippen LogP contribution is 2.38. The van der Waals surface area contributed by atoms with Crippen molar-refractivity contribution in [2.75, 3.05) is 6.54 Å². The van der Waals surface area contributed by atoms with Gasteiger partial charge in [0.25, 0.3) is 0 Å². The molecule has 0 radical (unpaired) electrons. The molecule has 3 rings (SSSR count). The van der Waals surface area contributed by atoms with Crippen molar-refractivity contribution in [3.63, 3.8) is 0 Å². The summed E-state index contributed by atoms with van der Waals surface area (Å²) in [6.45, 7) is 8.16. The Balaban J connectivity index is 1.73. The first kappa shape index (κ1) is 23.5. The molecule has 8 heteroatoms. The van der Waals surface area contributed by atoms with E-state index in [1.807, 2.05) is 64.1 Å². The first-order valence-corrected chi connectivity index (χ1v) is 10.8. The van der Waals surface area contributed by atoms with Gasteiger partial charge in [0.15, 0.2) is 0 Å². The minimum atomic E-state index is -0.664. The minimum Gasteiger partial charge on any atom is -0.445 e. The number of benzene rings is 2. The van der Waals surface area contributed by atoms with Gasteiger partial charge in [0.2, 0.25) is 0 Å². The van der Waals surface area contributed by atoms with Gasteiger partial charge in [0, 0.05) is 6.54 Å². The maximum atomic E-state index is 13.6. The van der Waals surface area contributed by atoms with Crippen LogP contribution in [-0.4, -0.2) is 31.0 Å². The van der Waals surface area contributed by atoms with Crippen molar-refractivity contribution in [1.29, 1.82) is 0 Å². The van der Waals surface area contributed by atoms with Crippen LogP contribution in [0.25, 0.3) is 6.08 Å². The molecule has 5 nitrogen and oxygen atoms in total. The van der Waals surface area contributed by atoms with Crippen molar-refractivity contribution in [3.05, 3.63) is 75.4 Å². The molecule has 0 saturated carbocycles. The van der Waals surface area contributed by atoms with Gasteiger partial charge in [0.05, 0.1) is 15.7 Å². The maximum Gasteiger partial charge on any atom is 0.492 e. The van der Waals surface area contributed by atoms with E-state index in [4.69, 9.17) is 14.0 Å². The summed E-state index contributed by atoms with van der Waals surface area (Å²) in [6.07, 6.45) is 1.27. The number of carbonyl (C=O) groups excluding carboxylic acids is 1. The third kappa shape index (κ3) is 5.96. The lowest BCUT2D eigenvalue weighted by molar-refractivity contribution is 0.00578. The van der Waals surface area contributed by atoms with Crippen molar-refractivity contribution in [3.8, 4) is 0 Å². The van der Waals surface area contributed by atoms with Crippen LogP contribution >= 0.6 is 15.9 Å². The molecule has 1 fully saturated rings. The summed E-state index contributed by atoms with van der Waals surface area (Å²) in [5.41, 5.74) is 1.27. The van der Waals surface area contributed by atoms with Crippen molar-refractivity contribution in [1.82, 2.24) is 5.32 Å². The summed E-state index contributed by atoms with van der Waals surface area (Å²) < 4.78 is 31.6. The maximum absolute atomic E-state index is 13.6. The van der Waals surface area contributed by atoms with Gasteiger partial charge in [-0.05, 0) is 72.4 Å².